The van der Waals surface area contributed by atoms with Crippen LogP contribution in [0.3, 0.4) is 0 Å². The van der Waals surface area contributed by atoms with E-state index in [1.54, 1.807) is 0 Å². The van der Waals surface area contributed by atoms with Crippen LogP contribution in [0.15, 0.2) is 0 Å². The summed E-state index contributed by atoms with van der Waals surface area (Å²) >= 11 is 0. The quantitative estimate of drug-likeness (QED) is 0.0222. The van der Waals surface area contributed by atoms with Gasteiger partial charge in [-0.25, -0.2) is 9.13 Å². The summed E-state index contributed by atoms with van der Waals surface area (Å²) in [6, 6.07) is 0. The van der Waals surface area contributed by atoms with Gasteiger partial charge in [-0.3, -0.25) is 37.3 Å². The normalized spacial score (nSPS) is 14.7. The fraction of sp³-hybridized carbons (Fsp3) is 0.947. The topological polar surface area (TPSA) is 237 Å². The second kappa shape index (κ2) is 65.4. The van der Waals surface area contributed by atoms with Crippen LogP contribution in [0.1, 0.15) is 383 Å². The Hall–Kier alpha value is -1.94. The molecule has 95 heavy (non-hydrogen) atoms. The van der Waals surface area contributed by atoms with Crippen molar-refractivity contribution in [1.82, 2.24) is 0 Å². The lowest BCUT2D eigenvalue weighted by molar-refractivity contribution is -0.161. The van der Waals surface area contributed by atoms with Gasteiger partial charge in [-0.05, 0) is 49.4 Å². The third kappa shape index (κ3) is 67.6. The summed E-state index contributed by atoms with van der Waals surface area (Å²) in [6.45, 7) is 14.2. The number of rotatable bonds is 73. The highest BCUT2D eigenvalue weighted by atomic mass is 31.2. The van der Waals surface area contributed by atoms with Crippen molar-refractivity contribution in [1.29, 1.82) is 0 Å². The van der Waals surface area contributed by atoms with E-state index in [0.717, 1.165) is 120 Å². The Kier molecular flexibility index (Phi) is 64.0. The summed E-state index contributed by atoms with van der Waals surface area (Å²) in [5.74, 6) is 0.940. The summed E-state index contributed by atoms with van der Waals surface area (Å²) < 4.78 is 68.5. The van der Waals surface area contributed by atoms with Gasteiger partial charge in [0.1, 0.15) is 19.3 Å². The maximum Gasteiger partial charge on any atom is 0.472 e. The van der Waals surface area contributed by atoms with Gasteiger partial charge in [0, 0.05) is 25.7 Å². The third-order valence-electron chi connectivity index (χ3n) is 18.3. The zero-order chi connectivity index (χ0) is 70.3. The van der Waals surface area contributed by atoms with Crippen LogP contribution in [0.5, 0.6) is 0 Å². The monoisotopic (exact) mass is 1400 g/mol. The van der Waals surface area contributed by atoms with Crippen LogP contribution < -0.4 is 0 Å². The van der Waals surface area contributed by atoms with Gasteiger partial charge in [-0.15, -0.1) is 0 Å². The summed E-state index contributed by atoms with van der Waals surface area (Å²) in [4.78, 5) is 72.8. The van der Waals surface area contributed by atoms with Crippen LogP contribution in [0.25, 0.3) is 0 Å². The fourth-order valence-electron chi connectivity index (χ4n) is 11.5. The number of ether oxygens (including phenoxy) is 4. The van der Waals surface area contributed by atoms with Crippen molar-refractivity contribution in [2.45, 2.75) is 401 Å². The second-order valence-corrected chi connectivity index (χ2v) is 31.7. The summed E-state index contributed by atoms with van der Waals surface area (Å²) in [6.07, 6.45) is 50.1. The lowest BCUT2D eigenvalue weighted by Crippen LogP contribution is -2.30. The molecule has 0 rings (SSSR count). The molecule has 3 N–H and O–H groups in total. The summed E-state index contributed by atoms with van der Waals surface area (Å²) in [5, 5.41) is 10.6. The number of hydrogen-bond acceptors (Lipinski definition) is 15. The number of unbranched alkanes of at least 4 members (excludes halogenated alkanes) is 37. The smallest absolute Gasteiger partial charge is 0.462 e. The molecule has 0 aromatic rings. The Morgan fingerprint density at radius 1 is 0.295 bits per heavy atom. The minimum Gasteiger partial charge on any atom is -0.462 e. The van der Waals surface area contributed by atoms with Crippen molar-refractivity contribution < 1.29 is 80.2 Å². The minimum atomic E-state index is -4.96. The predicted octanol–water partition coefficient (Wildman–Crippen LogP) is 22.0. The first-order valence-electron chi connectivity index (χ1n) is 39.3. The van der Waals surface area contributed by atoms with Crippen LogP contribution in [0.4, 0.5) is 0 Å². The second-order valence-electron chi connectivity index (χ2n) is 28.8. The molecule has 564 valence electrons. The molecule has 7 atom stereocenters. The average molecular weight is 1400 g/mol. The van der Waals surface area contributed by atoms with Gasteiger partial charge in [0.05, 0.1) is 26.4 Å². The van der Waals surface area contributed by atoms with Crippen molar-refractivity contribution in [2.24, 2.45) is 23.7 Å². The number of esters is 4. The lowest BCUT2D eigenvalue weighted by atomic mass is 9.99. The SMILES string of the molecule is CCC(C)CCCCCCCCCCC(=O)O[C@H](COC(=O)CCCCCCCCC(C)CC)COP(=O)(O)OC[C@H](O)COP(=O)(O)OC[C@@H](COC(=O)CCCCCCCCCCCC(C)C)OC(=O)CCCCCCCCCCCCCCCCCCCCC(C)C. The molecule has 0 spiro atoms. The van der Waals surface area contributed by atoms with Gasteiger partial charge in [0.2, 0.25) is 0 Å². The molecule has 0 aromatic heterocycles. The molecule has 0 amide bonds. The molecular formula is C76H148O17P2. The Morgan fingerprint density at radius 2 is 0.505 bits per heavy atom. The van der Waals surface area contributed by atoms with E-state index in [1.807, 2.05) is 0 Å². The average Bonchev–Trinajstić information content (AvgIpc) is 1.98. The minimum absolute atomic E-state index is 0.104. The molecule has 0 saturated heterocycles. The number of carbonyl (C=O) groups excluding carboxylic acids is 4. The zero-order valence-corrected chi connectivity index (χ0v) is 64.1. The molecule has 17 nitrogen and oxygen atoms in total. The molecular weight excluding hydrogens is 1250 g/mol. The van der Waals surface area contributed by atoms with Gasteiger partial charge in [-0.2, -0.15) is 0 Å². The molecule has 0 radical (unpaired) electrons. The number of phosphoric ester groups is 2. The van der Waals surface area contributed by atoms with Gasteiger partial charge in [-0.1, -0.05) is 331 Å². The first-order chi connectivity index (χ1) is 45.7. The molecule has 0 saturated carbocycles. The van der Waals surface area contributed by atoms with Gasteiger partial charge >= 0.3 is 39.5 Å². The van der Waals surface area contributed by atoms with E-state index in [0.29, 0.717) is 25.7 Å². The van der Waals surface area contributed by atoms with Crippen molar-refractivity contribution in [2.75, 3.05) is 39.6 Å². The number of carbonyl (C=O) groups is 4. The molecule has 0 fully saturated rings. The van der Waals surface area contributed by atoms with Crippen LogP contribution >= 0.6 is 15.6 Å². The molecule has 0 aliphatic rings. The maximum atomic E-state index is 13.1. The number of phosphoric acid groups is 2. The largest absolute Gasteiger partial charge is 0.472 e. The van der Waals surface area contributed by atoms with Crippen LogP contribution in [-0.2, 0) is 65.4 Å². The maximum absolute atomic E-state index is 13.1. The molecule has 19 heteroatoms. The number of aliphatic hydroxyl groups is 1. The standard InChI is InChI=1S/C76H148O17P2/c1-9-68(7)54-46-38-30-26-27-33-43-51-59-76(81)93-72(63-87-74(79)57-49-41-35-34-39-47-55-69(8)10-2)65-91-95(84,85)89-61-70(77)60-88-94(82,83)90-64-71(62-86-73(78)56-48-40-31-25-21-23-29-37-45-53-67(5)6)92-75(80)58-50-42-32-24-20-18-16-14-12-11-13-15-17-19-22-28-36-44-52-66(3)4/h66-72,77H,9-65H2,1-8H3,(H,82,83)(H,84,85)/t68?,69?,70-,71-,72-/m1/s1. The molecule has 0 aliphatic carbocycles. The molecule has 4 unspecified atom stereocenters. The van der Waals surface area contributed by atoms with E-state index in [9.17, 15) is 43.2 Å². The molecule has 0 aromatic carbocycles. The Labute approximate surface area is 581 Å². The Morgan fingerprint density at radius 3 is 0.747 bits per heavy atom. The summed E-state index contributed by atoms with van der Waals surface area (Å²) in [5.41, 5.74) is 0. The van der Waals surface area contributed by atoms with Gasteiger partial charge < -0.3 is 33.8 Å². The molecule has 0 aliphatic heterocycles. The van der Waals surface area contributed by atoms with E-state index >= 15 is 0 Å². The highest BCUT2D eigenvalue weighted by Crippen LogP contribution is 2.45. The predicted molar refractivity (Wildman–Crippen MR) is 386 cm³/mol. The number of hydrogen-bond donors (Lipinski definition) is 3. The third-order valence-corrected chi connectivity index (χ3v) is 20.2. The highest BCUT2D eigenvalue weighted by molar-refractivity contribution is 7.47. The Balaban J connectivity index is 5.21. The zero-order valence-electron chi connectivity index (χ0n) is 62.3. The Bertz CT molecular complexity index is 1870. The van der Waals surface area contributed by atoms with E-state index < -0.39 is 97.5 Å². The van der Waals surface area contributed by atoms with E-state index in [4.69, 9.17) is 37.0 Å². The van der Waals surface area contributed by atoms with Crippen LogP contribution in [0, 0.1) is 23.7 Å². The van der Waals surface area contributed by atoms with Crippen LogP contribution in [0.2, 0.25) is 0 Å². The first-order valence-corrected chi connectivity index (χ1v) is 42.3. The van der Waals surface area contributed by atoms with E-state index in [2.05, 4.69) is 55.4 Å². The van der Waals surface area contributed by atoms with E-state index in [1.165, 1.54) is 180 Å². The van der Waals surface area contributed by atoms with E-state index in [-0.39, 0.29) is 25.7 Å². The van der Waals surface area contributed by atoms with Crippen LogP contribution in [-0.4, -0.2) is 96.7 Å². The lowest BCUT2D eigenvalue weighted by Gasteiger charge is -2.21. The fourth-order valence-corrected chi connectivity index (χ4v) is 13.1. The van der Waals surface area contributed by atoms with Gasteiger partial charge in [0.25, 0.3) is 0 Å². The number of aliphatic hydroxyl groups excluding tert-OH is 1. The molecule has 0 heterocycles. The van der Waals surface area contributed by atoms with Gasteiger partial charge in [0.15, 0.2) is 12.2 Å². The van der Waals surface area contributed by atoms with Crippen molar-refractivity contribution >= 4 is 39.5 Å². The van der Waals surface area contributed by atoms with Crippen molar-refractivity contribution in [3.63, 3.8) is 0 Å². The first kappa shape index (κ1) is 93.1. The molecule has 0 bridgehead atoms. The van der Waals surface area contributed by atoms with Crippen molar-refractivity contribution in [3.8, 4) is 0 Å². The highest BCUT2D eigenvalue weighted by Gasteiger charge is 2.30. The summed E-state index contributed by atoms with van der Waals surface area (Å²) in [7, 11) is -9.91. The van der Waals surface area contributed by atoms with Crippen molar-refractivity contribution in [3.05, 3.63) is 0 Å².